The van der Waals surface area contributed by atoms with Gasteiger partial charge in [0.1, 0.15) is 5.92 Å². The molecular formula is C27H26ClNO3. The molecule has 0 radical (unpaired) electrons. The zero-order chi connectivity index (χ0) is 23.0. The van der Waals surface area contributed by atoms with Crippen LogP contribution >= 0.6 is 11.6 Å². The third kappa shape index (κ3) is 3.91. The molecule has 3 aromatic carbocycles. The summed E-state index contributed by atoms with van der Waals surface area (Å²) in [6.07, 6.45) is 0. The van der Waals surface area contributed by atoms with Gasteiger partial charge in [-0.15, -0.1) is 0 Å². The van der Waals surface area contributed by atoms with Gasteiger partial charge in [-0.2, -0.15) is 0 Å². The summed E-state index contributed by atoms with van der Waals surface area (Å²) in [4.78, 5) is 26.2. The predicted molar refractivity (Wildman–Crippen MR) is 128 cm³/mol. The first-order valence-corrected chi connectivity index (χ1v) is 11.1. The minimum atomic E-state index is -1.15. The van der Waals surface area contributed by atoms with E-state index in [1.807, 2.05) is 80.6 Å². The van der Waals surface area contributed by atoms with Crippen molar-refractivity contribution in [3.8, 4) is 11.1 Å². The molecular weight excluding hydrogens is 422 g/mol. The molecule has 2 unspecified atom stereocenters. The number of benzene rings is 3. The van der Waals surface area contributed by atoms with Crippen LogP contribution in [0.5, 0.6) is 0 Å². The Labute approximate surface area is 193 Å². The number of esters is 1. The molecule has 164 valence electrons. The molecule has 0 aromatic heterocycles. The molecule has 0 saturated carbocycles. The lowest BCUT2D eigenvalue weighted by atomic mass is 9.73. The molecule has 0 bridgehead atoms. The Morgan fingerprint density at radius 2 is 1.69 bits per heavy atom. The van der Waals surface area contributed by atoms with Crippen LogP contribution in [0.1, 0.15) is 43.4 Å². The van der Waals surface area contributed by atoms with Gasteiger partial charge in [-0.05, 0) is 60.4 Å². The molecule has 4 rings (SSSR count). The highest BCUT2D eigenvalue weighted by atomic mass is 35.5. The van der Waals surface area contributed by atoms with Crippen molar-refractivity contribution >= 4 is 29.2 Å². The summed E-state index contributed by atoms with van der Waals surface area (Å²) in [5.41, 5.74) is 4.04. The summed E-state index contributed by atoms with van der Waals surface area (Å²) in [5, 5.41) is 3.68. The van der Waals surface area contributed by atoms with E-state index in [9.17, 15) is 9.59 Å². The molecule has 4 nitrogen and oxygen atoms in total. The van der Waals surface area contributed by atoms with Crippen LogP contribution in [-0.2, 0) is 19.9 Å². The van der Waals surface area contributed by atoms with E-state index in [-0.39, 0.29) is 17.8 Å². The first-order valence-electron chi connectivity index (χ1n) is 10.7. The average Bonchev–Trinajstić information content (AvgIpc) is 2.75. The fraction of sp³-hybridized carbons (Fsp3) is 0.259. The van der Waals surface area contributed by atoms with E-state index in [2.05, 4.69) is 5.32 Å². The SMILES string of the molecule is Cc1ccc(-c2ccc(Cl)cc2)cc1C1C(=O)Nc2ccccc2C1(C)OC(=O)C(C)C. The van der Waals surface area contributed by atoms with E-state index >= 15 is 0 Å². The zero-order valence-corrected chi connectivity index (χ0v) is 19.4. The van der Waals surface area contributed by atoms with Crippen LogP contribution in [0.25, 0.3) is 11.1 Å². The number of carbonyl (C=O) groups excluding carboxylic acids is 2. The van der Waals surface area contributed by atoms with Crippen molar-refractivity contribution in [2.75, 3.05) is 5.32 Å². The summed E-state index contributed by atoms with van der Waals surface area (Å²) >= 11 is 6.05. The van der Waals surface area contributed by atoms with Gasteiger partial charge in [0.2, 0.25) is 5.91 Å². The van der Waals surface area contributed by atoms with Crippen molar-refractivity contribution in [3.63, 3.8) is 0 Å². The van der Waals surface area contributed by atoms with Gasteiger partial charge in [-0.1, -0.05) is 67.9 Å². The topological polar surface area (TPSA) is 55.4 Å². The van der Waals surface area contributed by atoms with Crippen LogP contribution in [-0.4, -0.2) is 11.9 Å². The third-order valence-electron chi connectivity index (χ3n) is 6.08. The number of carbonyl (C=O) groups is 2. The Balaban J connectivity index is 1.88. The molecule has 5 heteroatoms. The van der Waals surface area contributed by atoms with E-state index in [0.29, 0.717) is 10.7 Å². The second-order valence-electron chi connectivity index (χ2n) is 8.73. The van der Waals surface area contributed by atoms with Gasteiger partial charge >= 0.3 is 5.97 Å². The summed E-state index contributed by atoms with van der Waals surface area (Å²) in [6.45, 7) is 7.40. The van der Waals surface area contributed by atoms with E-state index in [0.717, 1.165) is 27.8 Å². The van der Waals surface area contributed by atoms with Gasteiger partial charge < -0.3 is 10.1 Å². The number of aryl methyl sites for hydroxylation is 1. The molecule has 1 aliphatic rings. The summed E-state index contributed by atoms with van der Waals surface area (Å²) < 4.78 is 6.10. The minimum Gasteiger partial charge on any atom is -0.453 e. The molecule has 0 aliphatic carbocycles. The van der Waals surface area contributed by atoms with E-state index in [1.54, 1.807) is 13.8 Å². The molecule has 2 atom stereocenters. The average molecular weight is 448 g/mol. The molecule has 0 saturated heterocycles. The van der Waals surface area contributed by atoms with Crippen molar-refractivity contribution in [1.29, 1.82) is 0 Å². The zero-order valence-electron chi connectivity index (χ0n) is 18.6. The number of nitrogens with one attached hydrogen (secondary N) is 1. The van der Waals surface area contributed by atoms with Crippen molar-refractivity contribution < 1.29 is 14.3 Å². The molecule has 1 heterocycles. The number of para-hydroxylation sites is 1. The third-order valence-corrected chi connectivity index (χ3v) is 6.34. The lowest BCUT2D eigenvalue weighted by Gasteiger charge is -2.42. The molecule has 1 amide bonds. The smallest absolute Gasteiger partial charge is 0.309 e. The Hall–Kier alpha value is -3.11. The summed E-state index contributed by atoms with van der Waals surface area (Å²) in [6, 6.07) is 21.1. The van der Waals surface area contributed by atoms with Crippen LogP contribution in [0.15, 0.2) is 66.7 Å². The highest BCUT2D eigenvalue weighted by molar-refractivity contribution is 6.30. The first-order chi connectivity index (χ1) is 15.2. The molecule has 0 spiro atoms. The summed E-state index contributed by atoms with van der Waals surface area (Å²) in [5.74, 6) is -1.55. The highest BCUT2D eigenvalue weighted by Gasteiger charge is 2.50. The van der Waals surface area contributed by atoms with Gasteiger partial charge in [0.05, 0.1) is 5.92 Å². The first kappa shape index (κ1) is 22.1. The fourth-order valence-corrected chi connectivity index (χ4v) is 4.41. The number of ether oxygens (including phenoxy) is 1. The van der Waals surface area contributed by atoms with Gasteiger partial charge in [0.25, 0.3) is 0 Å². The van der Waals surface area contributed by atoms with Crippen molar-refractivity contribution in [3.05, 3.63) is 88.4 Å². The van der Waals surface area contributed by atoms with Gasteiger partial charge in [-0.3, -0.25) is 9.59 Å². The molecule has 1 aliphatic heterocycles. The Morgan fingerprint density at radius 3 is 2.38 bits per heavy atom. The number of rotatable bonds is 4. The second kappa shape index (κ2) is 8.44. The molecule has 0 fully saturated rings. The van der Waals surface area contributed by atoms with Crippen LogP contribution < -0.4 is 5.32 Å². The largest absolute Gasteiger partial charge is 0.453 e. The minimum absolute atomic E-state index is 0.195. The number of hydrogen-bond donors (Lipinski definition) is 1. The van der Waals surface area contributed by atoms with Crippen molar-refractivity contribution in [2.24, 2.45) is 5.92 Å². The van der Waals surface area contributed by atoms with Gasteiger partial charge in [-0.25, -0.2) is 0 Å². The van der Waals surface area contributed by atoms with Crippen LogP contribution in [0, 0.1) is 12.8 Å². The van der Waals surface area contributed by atoms with E-state index in [1.165, 1.54) is 0 Å². The van der Waals surface area contributed by atoms with Gasteiger partial charge in [0.15, 0.2) is 5.60 Å². The maximum Gasteiger partial charge on any atom is 0.309 e. The van der Waals surface area contributed by atoms with Crippen molar-refractivity contribution in [2.45, 2.75) is 39.2 Å². The molecule has 32 heavy (non-hydrogen) atoms. The number of amides is 1. The van der Waals surface area contributed by atoms with Gasteiger partial charge in [0, 0.05) is 16.3 Å². The maximum absolute atomic E-state index is 13.4. The predicted octanol–water partition coefficient (Wildman–Crippen LogP) is 6.47. The fourth-order valence-electron chi connectivity index (χ4n) is 4.29. The molecule has 3 aromatic rings. The standard InChI is InChI=1S/C27H26ClNO3/c1-16(2)26(31)32-27(4)22-7-5-6-8-23(22)29-25(30)24(27)21-15-19(10-9-17(21)3)18-11-13-20(28)14-12-18/h5-16,24H,1-4H3,(H,29,30). The Morgan fingerprint density at radius 1 is 1.03 bits per heavy atom. The lowest BCUT2D eigenvalue weighted by molar-refractivity contribution is -0.167. The van der Waals surface area contributed by atoms with Crippen LogP contribution in [0.2, 0.25) is 5.02 Å². The highest BCUT2D eigenvalue weighted by Crippen LogP contribution is 2.48. The van der Waals surface area contributed by atoms with E-state index in [4.69, 9.17) is 16.3 Å². The number of anilines is 1. The number of hydrogen-bond acceptors (Lipinski definition) is 3. The monoisotopic (exact) mass is 447 g/mol. The summed E-state index contributed by atoms with van der Waals surface area (Å²) in [7, 11) is 0. The van der Waals surface area contributed by atoms with Crippen LogP contribution in [0.3, 0.4) is 0 Å². The number of fused-ring (bicyclic) bond motifs is 1. The van der Waals surface area contributed by atoms with Crippen LogP contribution in [0.4, 0.5) is 5.69 Å². The Kier molecular flexibility index (Phi) is 5.83. The number of halogens is 1. The van der Waals surface area contributed by atoms with Crippen molar-refractivity contribution in [1.82, 2.24) is 0 Å². The maximum atomic E-state index is 13.4. The van der Waals surface area contributed by atoms with E-state index < -0.39 is 11.5 Å². The normalized spacial score (nSPS) is 19.9. The lowest BCUT2D eigenvalue weighted by Crippen LogP contribution is -2.46. The quantitative estimate of drug-likeness (QED) is 0.466. The molecule has 1 N–H and O–H groups in total. The second-order valence-corrected chi connectivity index (χ2v) is 9.17. The Bertz CT molecular complexity index is 1190.